The highest BCUT2D eigenvalue weighted by atomic mass is 33.1. The molecule has 0 atom stereocenters. The summed E-state index contributed by atoms with van der Waals surface area (Å²) in [5, 5.41) is 0. The van der Waals surface area contributed by atoms with E-state index in [2.05, 4.69) is 50.2 Å². The first-order chi connectivity index (χ1) is 7.74. The third-order valence-electron chi connectivity index (χ3n) is 2.79. The minimum Gasteiger partial charge on any atom is -0.0586 e. The largest absolute Gasteiger partial charge is 0.0586 e. The third kappa shape index (κ3) is 1.66. The van der Waals surface area contributed by atoms with E-state index in [0.29, 0.717) is 0 Å². The monoisotopic (exact) mass is 244 g/mol. The SMILES string of the molecule is Cc1ccc2c(c1)SSc1cc(C)ccc1-2. The maximum absolute atomic E-state index is 2.27. The van der Waals surface area contributed by atoms with Crippen LogP contribution >= 0.6 is 21.6 Å². The number of hydrogen-bond acceptors (Lipinski definition) is 2. The standard InChI is InChI=1S/C14H12S2/c1-9-3-5-11-12-6-4-10(2)8-14(12)16-15-13(11)7-9/h3-8H,1-2H3. The molecule has 1 aliphatic rings. The van der Waals surface area contributed by atoms with Gasteiger partial charge in [0.2, 0.25) is 0 Å². The van der Waals surface area contributed by atoms with Gasteiger partial charge in [-0.05, 0) is 48.2 Å². The highest BCUT2D eigenvalue weighted by Gasteiger charge is 2.17. The molecule has 80 valence electrons. The average molecular weight is 244 g/mol. The van der Waals surface area contributed by atoms with Crippen molar-refractivity contribution in [1.29, 1.82) is 0 Å². The molecule has 0 amide bonds. The zero-order valence-electron chi connectivity index (χ0n) is 9.28. The van der Waals surface area contributed by atoms with Crippen LogP contribution in [-0.4, -0.2) is 0 Å². The lowest BCUT2D eigenvalue weighted by molar-refractivity contribution is 1.31. The fraction of sp³-hybridized carbons (Fsp3) is 0.143. The molecule has 0 unspecified atom stereocenters. The van der Waals surface area contributed by atoms with Gasteiger partial charge < -0.3 is 0 Å². The van der Waals surface area contributed by atoms with Crippen molar-refractivity contribution in [2.45, 2.75) is 23.6 Å². The topological polar surface area (TPSA) is 0 Å². The molecule has 3 rings (SSSR count). The molecule has 1 aliphatic heterocycles. The summed E-state index contributed by atoms with van der Waals surface area (Å²) in [5.74, 6) is 0. The molecule has 2 aromatic rings. The molecule has 0 radical (unpaired) electrons. The first kappa shape index (κ1) is 10.3. The second-order valence-electron chi connectivity index (χ2n) is 4.17. The van der Waals surface area contributed by atoms with Crippen LogP contribution in [0.25, 0.3) is 11.1 Å². The van der Waals surface area contributed by atoms with E-state index in [0.717, 1.165) is 0 Å². The molecule has 16 heavy (non-hydrogen) atoms. The van der Waals surface area contributed by atoms with Crippen LogP contribution in [0.15, 0.2) is 46.2 Å². The zero-order chi connectivity index (χ0) is 11.1. The summed E-state index contributed by atoms with van der Waals surface area (Å²) in [6.45, 7) is 4.30. The predicted octanol–water partition coefficient (Wildman–Crippen LogP) is 5.08. The number of rotatable bonds is 0. The average Bonchev–Trinajstić information content (AvgIpc) is 2.28. The van der Waals surface area contributed by atoms with Crippen LogP contribution in [0.1, 0.15) is 11.1 Å². The van der Waals surface area contributed by atoms with Gasteiger partial charge >= 0.3 is 0 Å². The van der Waals surface area contributed by atoms with Crippen molar-refractivity contribution in [3.05, 3.63) is 47.5 Å². The van der Waals surface area contributed by atoms with Crippen molar-refractivity contribution >= 4 is 21.6 Å². The lowest BCUT2D eigenvalue weighted by Crippen LogP contribution is -1.90. The van der Waals surface area contributed by atoms with E-state index in [-0.39, 0.29) is 0 Å². The van der Waals surface area contributed by atoms with E-state index in [1.54, 1.807) is 0 Å². The van der Waals surface area contributed by atoms with Crippen molar-refractivity contribution in [2.75, 3.05) is 0 Å². The normalized spacial score (nSPS) is 13.1. The molecule has 0 bridgehead atoms. The lowest BCUT2D eigenvalue weighted by Gasteiger charge is -2.19. The van der Waals surface area contributed by atoms with Gasteiger partial charge in [-0.2, -0.15) is 0 Å². The maximum Gasteiger partial charge on any atom is 0.0267 e. The molecule has 0 aromatic heterocycles. The summed E-state index contributed by atoms with van der Waals surface area (Å²) in [4.78, 5) is 2.78. The Morgan fingerprint density at radius 1 is 0.688 bits per heavy atom. The van der Waals surface area contributed by atoms with Gasteiger partial charge in [-0.15, -0.1) is 0 Å². The summed E-state index contributed by atoms with van der Waals surface area (Å²) in [7, 11) is 3.74. The van der Waals surface area contributed by atoms with Gasteiger partial charge in [0.25, 0.3) is 0 Å². The Morgan fingerprint density at radius 3 is 1.56 bits per heavy atom. The van der Waals surface area contributed by atoms with Crippen LogP contribution in [0.5, 0.6) is 0 Å². The Balaban J connectivity index is 2.23. The predicted molar refractivity (Wildman–Crippen MR) is 73.1 cm³/mol. The van der Waals surface area contributed by atoms with Gasteiger partial charge in [0, 0.05) is 9.79 Å². The first-order valence-corrected chi connectivity index (χ1v) is 7.45. The third-order valence-corrected chi connectivity index (χ3v) is 5.23. The van der Waals surface area contributed by atoms with Crippen LogP contribution < -0.4 is 0 Å². The van der Waals surface area contributed by atoms with Crippen LogP contribution in [0.3, 0.4) is 0 Å². The van der Waals surface area contributed by atoms with Crippen molar-refractivity contribution in [2.24, 2.45) is 0 Å². The number of fused-ring (bicyclic) bond motifs is 3. The number of benzene rings is 2. The Hall–Kier alpha value is -0.860. The Labute approximate surface area is 104 Å². The fourth-order valence-corrected chi connectivity index (χ4v) is 4.48. The minimum absolute atomic E-state index is 1.34. The lowest BCUT2D eigenvalue weighted by atomic mass is 10.0. The molecular weight excluding hydrogens is 232 g/mol. The van der Waals surface area contributed by atoms with E-state index in [9.17, 15) is 0 Å². The highest BCUT2D eigenvalue weighted by molar-refractivity contribution is 8.76. The van der Waals surface area contributed by atoms with Crippen LogP contribution in [-0.2, 0) is 0 Å². The Kier molecular flexibility index (Phi) is 2.49. The van der Waals surface area contributed by atoms with Crippen LogP contribution in [0.4, 0.5) is 0 Å². The smallest absolute Gasteiger partial charge is 0.0267 e. The highest BCUT2D eigenvalue weighted by Crippen LogP contribution is 2.51. The second-order valence-corrected chi connectivity index (χ2v) is 6.38. The quantitative estimate of drug-likeness (QED) is 0.592. The fourth-order valence-electron chi connectivity index (χ4n) is 1.93. The van der Waals surface area contributed by atoms with Crippen molar-refractivity contribution in [3.63, 3.8) is 0 Å². The van der Waals surface area contributed by atoms with Gasteiger partial charge in [-0.1, -0.05) is 45.9 Å². The molecular formula is C14H12S2. The van der Waals surface area contributed by atoms with Gasteiger partial charge in [0.1, 0.15) is 0 Å². The van der Waals surface area contributed by atoms with Gasteiger partial charge in [-0.25, -0.2) is 0 Å². The maximum atomic E-state index is 2.27. The second kappa shape index (κ2) is 3.86. The van der Waals surface area contributed by atoms with Gasteiger partial charge in [0.15, 0.2) is 0 Å². The molecule has 0 fully saturated rings. The van der Waals surface area contributed by atoms with E-state index in [1.165, 1.54) is 32.0 Å². The van der Waals surface area contributed by atoms with Crippen LogP contribution in [0, 0.1) is 13.8 Å². The molecule has 2 aromatic carbocycles. The Morgan fingerprint density at radius 2 is 1.12 bits per heavy atom. The van der Waals surface area contributed by atoms with Crippen molar-refractivity contribution in [3.8, 4) is 11.1 Å². The van der Waals surface area contributed by atoms with E-state index in [1.807, 2.05) is 21.6 Å². The molecule has 0 saturated carbocycles. The van der Waals surface area contributed by atoms with Crippen LogP contribution in [0.2, 0.25) is 0 Å². The van der Waals surface area contributed by atoms with Crippen molar-refractivity contribution < 1.29 is 0 Å². The number of aryl methyl sites for hydroxylation is 2. The van der Waals surface area contributed by atoms with Crippen molar-refractivity contribution in [1.82, 2.24) is 0 Å². The summed E-state index contributed by atoms with van der Waals surface area (Å²) in [6.07, 6.45) is 0. The molecule has 1 heterocycles. The summed E-state index contributed by atoms with van der Waals surface area (Å²) < 4.78 is 0. The molecule has 0 spiro atoms. The summed E-state index contributed by atoms with van der Waals surface area (Å²) >= 11 is 0. The van der Waals surface area contributed by atoms with Gasteiger partial charge in [-0.3, -0.25) is 0 Å². The molecule has 0 aliphatic carbocycles. The number of hydrogen-bond donors (Lipinski definition) is 0. The van der Waals surface area contributed by atoms with E-state index >= 15 is 0 Å². The minimum atomic E-state index is 1.34. The summed E-state index contributed by atoms with van der Waals surface area (Å²) in [6, 6.07) is 13.4. The first-order valence-electron chi connectivity index (χ1n) is 5.30. The van der Waals surface area contributed by atoms with Gasteiger partial charge in [0.05, 0.1) is 0 Å². The summed E-state index contributed by atoms with van der Waals surface area (Å²) in [5.41, 5.74) is 5.43. The molecule has 0 saturated heterocycles. The van der Waals surface area contributed by atoms with E-state index in [4.69, 9.17) is 0 Å². The zero-order valence-corrected chi connectivity index (χ0v) is 10.9. The molecule has 0 nitrogen and oxygen atoms in total. The van der Waals surface area contributed by atoms with E-state index < -0.39 is 0 Å². The molecule has 0 N–H and O–H groups in total. The molecule has 2 heteroatoms. The Bertz CT molecular complexity index is 507.